The Morgan fingerprint density at radius 3 is 2.44 bits per heavy atom. The molecule has 1 fully saturated rings. The van der Waals surface area contributed by atoms with Crippen molar-refractivity contribution in [2.45, 2.75) is 30.6 Å². The third-order valence-electron chi connectivity index (χ3n) is 6.95. The van der Waals surface area contributed by atoms with E-state index in [4.69, 9.17) is 13.9 Å². The Labute approximate surface area is 198 Å². The Morgan fingerprint density at radius 1 is 0.912 bits per heavy atom. The van der Waals surface area contributed by atoms with E-state index in [-0.39, 0.29) is 30.3 Å². The Bertz CT molecular complexity index is 1370. The van der Waals surface area contributed by atoms with Crippen LogP contribution in [-0.2, 0) is 34.1 Å². The van der Waals surface area contributed by atoms with Crippen molar-refractivity contribution in [3.8, 4) is 11.5 Å². The molecule has 1 saturated heterocycles. The van der Waals surface area contributed by atoms with Gasteiger partial charge in [-0.3, -0.25) is 4.79 Å². The maximum Gasteiger partial charge on any atom is 0.243 e. The van der Waals surface area contributed by atoms with Crippen molar-refractivity contribution >= 4 is 26.9 Å². The van der Waals surface area contributed by atoms with Crippen LogP contribution in [0, 0.1) is 0 Å². The fraction of sp³-hybridized carbons (Fsp3) is 0.400. The molecule has 8 nitrogen and oxygen atoms in total. The first-order valence-corrected chi connectivity index (χ1v) is 13.1. The van der Waals surface area contributed by atoms with Crippen LogP contribution in [0.15, 0.2) is 45.9 Å². The van der Waals surface area contributed by atoms with Crippen molar-refractivity contribution in [1.82, 2.24) is 9.21 Å². The van der Waals surface area contributed by atoms with Crippen molar-refractivity contribution in [2.75, 3.05) is 39.4 Å². The van der Waals surface area contributed by atoms with E-state index in [2.05, 4.69) is 12.1 Å². The van der Waals surface area contributed by atoms with E-state index in [1.807, 2.05) is 0 Å². The second kappa shape index (κ2) is 8.32. The molecule has 9 heteroatoms. The van der Waals surface area contributed by atoms with Gasteiger partial charge in [0.05, 0.1) is 17.6 Å². The summed E-state index contributed by atoms with van der Waals surface area (Å²) in [6, 6.07) is 8.96. The monoisotopic (exact) mass is 482 g/mol. The van der Waals surface area contributed by atoms with Gasteiger partial charge in [0.25, 0.3) is 0 Å². The fourth-order valence-corrected chi connectivity index (χ4v) is 6.51. The number of carbonyl (C=O) groups excluding carboxylic acids is 1. The van der Waals surface area contributed by atoms with Crippen LogP contribution in [0.4, 0.5) is 0 Å². The average molecular weight is 483 g/mol. The minimum atomic E-state index is -3.68. The zero-order valence-corrected chi connectivity index (χ0v) is 19.6. The molecule has 0 atom stereocenters. The van der Waals surface area contributed by atoms with Crippen LogP contribution in [0.5, 0.6) is 11.5 Å². The predicted molar refractivity (Wildman–Crippen MR) is 125 cm³/mol. The number of amides is 1. The zero-order valence-electron chi connectivity index (χ0n) is 18.8. The van der Waals surface area contributed by atoms with E-state index in [1.165, 1.54) is 21.5 Å². The SMILES string of the molecule is O=C(Cc1coc2cc3c(cc12)CCC3)N1CCN(S(=O)(=O)c2ccc3c(c2)OCCO3)CC1. The summed E-state index contributed by atoms with van der Waals surface area (Å²) in [7, 11) is -3.68. The van der Waals surface area contributed by atoms with Crippen LogP contribution in [-0.4, -0.2) is 62.9 Å². The van der Waals surface area contributed by atoms with Gasteiger partial charge in [0.15, 0.2) is 11.5 Å². The molecule has 3 heterocycles. The molecule has 0 radical (unpaired) electrons. The first-order chi connectivity index (χ1) is 16.5. The van der Waals surface area contributed by atoms with Gasteiger partial charge in [-0.05, 0) is 54.7 Å². The van der Waals surface area contributed by atoms with Crippen molar-refractivity contribution < 1.29 is 27.1 Å². The van der Waals surface area contributed by atoms with Crippen molar-refractivity contribution in [3.63, 3.8) is 0 Å². The van der Waals surface area contributed by atoms with Gasteiger partial charge >= 0.3 is 0 Å². The van der Waals surface area contributed by atoms with Gasteiger partial charge in [-0.25, -0.2) is 8.42 Å². The van der Waals surface area contributed by atoms with Gasteiger partial charge < -0.3 is 18.8 Å². The fourth-order valence-electron chi connectivity index (χ4n) is 5.07. The molecule has 178 valence electrons. The van der Waals surface area contributed by atoms with Gasteiger partial charge in [0.2, 0.25) is 15.9 Å². The van der Waals surface area contributed by atoms with Crippen molar-refractivity contribution in [3.05, 3.63) is 53.3 Å². The maximum atomic E-state index is 13.2. The van der Waals surface area contributed by atoms with Gasteiger partial charge in [0, 0.05) is 43.2 Å². The van der Waals surface area contributed by atoms with E-state index < -0.39 is 10.0 Å². The molecule has 0 bridgehead atoms. The summed E-state index contributed by atoms with van der Waals surface area (Å²) in [5, 5.41) is 1.01. The van der Waals surface area contributed by atoms with Crippen LogP contribution in [0.3, 0.4) is 0 Å². The number of piperazine rings is 1. The lowest BCUT2D eigenvalue weighted by Gasteiger charge is -2.34. The normalized spacial score (nSPS) is 18.3. The second-order valence-electron chi connectivity index (χ2n) is 9.00. The van der Waals surface area contributed by atoms with Crippen LogP contribution in [0.25, 0.3) is 11.0 Å². The molecule has 0 unspecified atom stereocenters. The lowest BCUT2D eigenvalue weighted by atomic mass is 10.0. The van der Waals surface area contributed by atoms with Gasteiger partial charge in [-0.1, -0.05) is 0 Å². The van der Waals surface area contributed by atoms with E-state index >= 15 is 0 Å². The second-order valence-corrected chi connectivity index (χ2v) is 10.9. The standard InChI is InChI=1S/C25H26N2O6S/c28-25(14-19-16-33-23-13-18-3-1-2-17(18)12-21(19)23)26-6-8-27(9-7-26)34(29,30)20-4-5-22-24(15-20)32-11-10-31-22/h4-5,12-13,15-16H,1-3,6-11,14H2. The average Bonchev–Trinajstić information content (AvgIpc) is 3.48. The summed E-state index contributed by atoms with van der Waals surface area (Å²) in [5.41, 5.74) is 4.41. The van der Waals surface area contributed by atoms with E-state index in [1.54, 1.807) is 23.3 Å². The number of furan rings is 1. The molecule has 0 saturated carbocycles. The van der Waals surface area contributed by atoms with Crippen LogP contribution in [0.1, 0.15) is 23.1 Å². The molecule has 0 spiro atoms. The maximum absolute atomic E-state index is 13.2. The number of aryl methyl sites for hydroxylation is 2. The molecular weight excluding hydrogens is 456 g/mol. The molecular formula is C25H26N2O6S. The first-order valence-electron chi connectivity index (χ1n) is 11.7. The van der Waals surface area contributed by atoms with Gasteiger partial charge in [-0.15, -0.1) is 0 Å². The van der Waals surface area contributed by atoms with Crippen LogP contribution < -0.4 is 9.47 Å². The molecule has 3 aromatic rings. The summed E-state index contributed by atoms with van der Waals surface area (Å²) >= 11 is 0. The van der Waals surface area contributed by atoms with E-state index in [0.29, 0.717) is 37.8 Å². The largest absolute Gasteiger partial charge is 0.486 e. The summed E-state index contributed by atoms with van der Waals surface area (Å²) in [6.07, 6.45) is 5.25. The highest BCUT2D eigenvalue weighted by Gasteiger charge is 2.31. The molecule has 1 aromatic heterocycles. The van der Waals surface area contributed by atoms with E-state index in [9.17, 15) is 13.2 Å². The third kappa shape index (κ3) is 3.73. The summed E-state index contributed by atoms with van der Waals surface area (Å²) < 4.78 is 44.5. The molecule has 3 aliphatic rings. The molecule has 6 rings (SSSR count). The molecule has 1 aliphatic carbocycles. The summed E-state index contributed by atoms with van der Waals surface area (Å²) in [4.78, 5) is 14.9. The number of fused-ring (bicyclic) bond motifs is 3. The molecule has 1 amide bonds. The molecule has 34 heavy (non-hydrogen) atoms. The number of hydrogen-bond donors (Lipinski definition) is 0. The van der Waals surface area contributed by atoms with Crippen LogP contribution in [0.2, 0.25) is 0 Å². The number of carbonyl (C=O) groups is 1. The Balaban J connectivity index is 1.12. The van der Waals surface area contributed by atoms with Gasteiger partial charge in [-0.2, -0.15) is 4.31 Å². The molecule has 0 N–H and O–H groups in total. The lowest BCUT2D eigenvalue weighted by molar-refractivity contribution is -0.131. The third-order valence-corrected chi connectivity index (χ3v) is 8.85. The zero-order chi connectivity index (χ0) is 23.3. The number of rotatable bonds is 4. The number of ether oxygens (including phenoxy) is 2. The van der Waals surface area contributed by atoms with Crippen molar-refractivity contribution in [1.29, 1.82) is 0 Å². The highest BCUT2D eigenvalue weighted by atomic mass is 32.2. The lowest BCUT2D eigenvalue weighted by Crippen LogP contribution is -2.50. The quantitative estimate of drug-likeness (QED) is 0.568. The molecule has 2 aromatic carbocycles. The Hall–Kier alpha value is -3.04. The Morgan fingerprint density at radius 2 is 1.65 bits per heavy atom. The summed E-state index contributed by atoms with van der Waals surface area (Å²) in [5.74, 6) is 0.982. The number of hydrogen-bond acceptors (Lipinski definition) is 6. The highest BCUT2D eigenvalue weighted by Crippen LogP contribution is 2.34. The topological polar surface area (TPSA) is 89.3 Å². The Kier molecular flexibility index (Phi) is 5.26. The number of benzene rings is 2. The number of nitrogens with zero attached hydrogens (tertiary/aromatic N) is 2. The minimum absolute atomic E-state index is 0.0143. The molecule has 2 aliphatic heterocycles. The summed E-state index contributed by atoms with van der Waals surface area (Å²) in [6.45, 7) is 2.06. The van der Waals surface area contributed by atoms with Crippen molar-refractivity contribution in [2.24, 2.45) is 0 Å². The minimum Gasteiger partial charge on any atom is -0.486 e. The van der Waals surface area contributed by atoms with Crippen LogP contribution >= 0.6 is 0 Å². The predicted octanol–water partition coefficient (Wildman–Crippen LogP) is 2.77. The number of sulfonamides is 1. The highest BCUT2D eigenvalue weighted by molar-refractivity contribution is 7.89. The van der Waals surface area contributed by atoms with E-state index in [0.717, 1.165) is 35.8 Å². The first kappa shape index (κ1) is 21.5. The smallest absolute Gasteiger partial charge is 0.243 e. The van der Waals surface area contributed by atoms with Gasteiger partial charge in [0.1, 0.15) is 18.8 Å².